The lowest BCUT2D eigenvalue weighted by atomic mass is 10.1. The average molecular weight is 368 g/mol. The van der Waals surface area contributed by atoms with Crippen LogP contribution in [-0.2, 0) is 20.7 Å². The van der Waals surface area contributed by atoms with Gasteiger partial charge in [0.25, 0.3) is 5.91 Å². The van der Waals surface area contributed by atoms with Crippen molar-refractivity contribution in [2.24, 2.45) is 5.84 Å². The van der Waals surface area contributed by atoms with Gasteiger partial charge in [0.1, 0.15) is 6.61 Å². The van der Waals surface area contributed by atoms with Crippen molar-refractivity contribution >= 4 is 20.0 Å². The number of hydrogen-bond acceptors (Lipinski definition) is 5. The summed E-state index contributed by atoms with van der Waals surface area (Å²) < 4.78 is 17.9. The van der Waals surface area contributed by atoms with Gasteiger partial charge < -0.3 is 9.30 Å². The largest absolute Gasteiger partial charge is 0.445 e. The molecule has 1 fully saturated rings. The standard InChI is InChI=1S/C16H25N4O4P/c1-2-10-18-25(23)16(9-6-11-20(17)14(16)21)19-15(22)24-12-13-7-4-3-5-8-13/h3-5,7-8,25H,2,6,9-12,17H2,1H3,(H,18,23)(H,19,22)/t16-/m0/s1. The lowest BCUT2D eigenvalue weighted by Crippen LogP contribution is -2.63. The smallest absolute Gasteiger partial charge is 0.408 e. The van der Waals surface area contributed by atoms with E-state index < -0.39 is 25.2 Å². The van der Waals surface area contributed by atoms with Crippen LogP contribution in [0, 0.1) is 0 Å². The maximum atomic E-state index is 12.7. The number of rotatable bonds is 7. The summed E-state index contributed by atoms with van der Waals surface area (Å²) in [5.74, 6) is 5.15. The highest BCUT2D eigenvalue weighted by molar-refractivity contribution is 7.45. The van der Waals surface area contributed by atoms with Crippen molar-refractivity contribution < 1.29 is 18.9 Å². The zero-order valence-electron chi connectivity index (χ0n) is 14.3. The fourth-order valence-corrected chi connectivity index (χ4v) is 4.41. The molecule has 1 aromatic carbocycles. The molecule has 1 aliphatic heterocycles. The Kier molecular flexibility index (Phi) is 6.99. The Hall–Kier alpha value is -1.89. The van der Waals surface area contributed by atoms with Gasteiger partial charge in [-0.1, -0.05) is 37.3 Å². The second-order valence-electron chi connectivity index (χ2n) is 5.95. The average Bonchev–Trinajstić information content (AvgIpc) is 2.62. The first-order chi connectivity index (χ1) is 12.0. The summed E-state index contributed by atoms with van der Waals surface area (Å²) in [6, 6.07) is 9.18. The van der Waals surface area contributed by atoms with E-state index >= 15 is 0 Å². The fourth-order valence-electron chi connectivity index (χ4n) is 2.67. The zero-order chi connectivity index (χ0) is 18.3. The molecule has 0 bridgehead atoms. The number of ether oxygens (including phenoxy) is 1. The summed E-state index contributed by atoms with van der Waals surface area (Å²) in [7, 11) is -2.65. The third-order valence-corrected chi connectivity index (χ3v) is 5.96. The Morgan fingerprint density at radius 2 is 2.12 bits per heavy atom. The van der Waals surface area contributed by atoms with E-state index in [0.29, 0.717) is 19.5 Å². The van der Waals surface area contributed by atoms with Gasteiger partial charge in [-0.05, 0) is 24.8 Å². The Bertz CT molecular complexity index is 628. The second-order valence-corrected chi connectivity index (χ2v) is 7.82. The first-order valence-electron chi connectivity index (χ1n) is 8.33. The molecule has 1 unspecified atom stereocenters. The van der Waals surface area contributed by atoms with Crippen LogP contribution in [0.2, 0.25) is 0 Å². The third-order valence-electron chi connectivity index (χ3n) is 4.03. The van der Waals surface area contributed by atoms with Crippen molar-refractivity contribution in [1.82, 2.24) is 15.4 Å². The molecule has 0 radical (unpaired) electrons. The van der Waals surface area contributed by atoms with Crippen LogP contribution < -0.4 is 16.2 Å². The van der Waals surface area contributed by atoms with Crippen LogP contribution in [0.25, 0.3) is 0 Å². The molecule has 9 heteroatoms. The van der Waals surface area contributed by atoms with Crippen molar-refractivity contribution in [3.63, 3.8) is 0 Å². The second kappa shape index (κ2) is 8.99. The van der Waals surface area contributed by atoms with E-state index in [9.17, 15) is 14.2 Å². The molecule has 2 atom stereocenters. The van der Waals surface area contributed by atoms with Gasteiger partial charge in [0.15, 0.2) is 13.2 Å². The van der Waals surface area contributed by atoms with Gasteiger partial charge in [0.05, 0.1) is 0 Å². The van der Waals surface area contributed by atoms with Crippen LogP contribution in [0.15, 0.2) is 30.3 Å². The van der Waals surface area contributed by atoms with Gasteiger partial charge in [-0.15, -0.1) is 0 Å². The van der Waals surface area contributed by atoms with Crippen LogP contribution >= 0.6 is 7.95 Å². The number of hydrogen-bond donors (Lipinski definition) is 3. The van der Waals surface area contributed by atoms with E-state index in [1.54, 1.807) is 0 Å². The number of nitrogens with zero attached hydrogens (tertiary/aromatic N) is 1. The van der Waals surface area contributed by atoms with E-state index in [1.165, 1.54) is 0 Å². The summed E-state index contributed by atoms with van der Waals surface area (Å²) >= 11 is 0. The summed E-state index contributed by atoms with van der Waals surface area (Å²) in [6.45, 7) is 2.84. The number of carbonyl (C=O) groups is 2. The predicted octanol–water partition coefficient (Wildman–Crippen LogP) is 1.58. The Morgan fingerprint density at radius 3 is 2.80 bits per heavy atom. The van der Waals surface area contributed by atoms with Crippen molar-refractivity contribution in [3.05, 3.63) is 35.9 Å². The van der Waals surface area contributed by atoms with E-state index in [4.69, 9.17) is 10.6 Å². The van der Waals surface area contributed by atoms with Gasteiger partial charge in [-0.3, -0.25) is 20.2 Å². The molecule has 0 aliphatic carbocycles. The quantitative estimate of drug-likeness (QED) is 0.383. The number of amides is 2. The van der Waals surface area contributed by atoms with Crippen molar-refractivity contribution in [2.75, 3.05) is 13.1 Å². The molecule has 4 N–H and O–H groups in total. The van der Waals surface area contributed by atoms with E-state index in [0.717, 1.165) is 17.0 Å². The van der Waals surface area contributed by atoms with Gasteiger partial charge >= 0.3 is 6.09 Å². The molecule has 2 amide bonds. The van der Waals surface area contributed by atoms with Gasteiger partial charge in [0, 0.05) is 13.1 Å². The molecule has 1 aromatic rings. The Labute approximate surface area is 147 Å². The summed E-state index contributed by atoms with van der Waals surface area (Å²) in [5, 5.41) is 4.85. The molecule has 25 heavy (non-hydrogen) atoms. The summed E-state index contributed by atoms with van der Waals surface area (Å²) in [6.07, 6.45) is 0.773. The van der Waals surface area contributed by atoms with Crippen LogP contribution in [0.5, 0.6) is 0 Å². The lowest BCUT2D eigenvalue weighted by molar-refractivity contribution is -0.138. The minimum absolute atomic E-state index is 0.0621. The maximum absolute atomic E-state index is 12.7. The molecule has 0 saturated carbocycles. The van der Waals surface area contributed by atoms with E-state index in [1.807, 2.05) is 37.3 Å². The Morgan fingerprint density at radius 1 is 1.40 bits per heavy atom. The van der Waals surface area contributed by atoms with Crippen molar-refractivity contribution in [1.29, 1.82) is 0 Å². The monoisotopic (exact) mass is 368 g/mol. The van der Waals surface area contributed by atoms with Crippen LogP contribution in [-0.4, -0.2) is 35.4 Å². The van der Waals surface area contributed by atoms with Crippen molar-refractivity contribution in [2.45, 2.75) is 38.1 Å². The number of nitrogens with one attached hydrogen (secondary N) is 2. The molecular weight excluding hydrogens is 343 g/mol. The molecule has 1 aliphatic rings. The molecular formula is C16H25N4O4P. The number of piperidine rings is 1. The molecule has 0 spiro atoms. The van der Waals surface area contributed by atoms with E-state index in [-0.39, 0.29) is 13.0 Å². The number of hydrazine groups is 1. The highest BCUT2D eigenvalue weighted by atomic mass is 31.1. The van der Waals surface area contributed by atoms with Gasteiger partial charge in [-0.25, -0.2) is 10.6 Å². The molecule has 2 rings (SSSR count). The summed E-state index contributed by atoms with van der Waals surface area (Å²) in [5.41, 5.74) is 0.818. The normalized spacial score (nSPS) is 21.7. The van der Waals surface area contributed by atoms with E-state index in [2.05, 4.69) is 10.4 Å². The molecule has 1 saturated heterocycles. The topological polar surface area (TPSA) is 114 Å². The van der Waals surface area contributed by atoms with Crippen LogP contribution in [0.4, 0.5) is 4.79 Å². The number of alkyl carbamates (subject to hydrolysis) is 1. The van der Waals surface area contributed by atoms with Crippen molar-refractivity contribution in [3.8, 4) is 0 Å². The van der Waals surface area contributed by atoms with Crippen LogP contribution in [0.1, 0.15) is 31.7 Å². The highest BCUT2D eigenvalue weighted by Gasteiger charge is 2.49. The third kappa shape index (κ3) is 4.81. The molecule has 0 aromatic heterocycles. The highest BCUT2D eigenvalue weighted by Crippen LogP contribution is 2.40. The first kappa shape index (κ1) is 19.4. The number of benzene rings is 1. The number of nitrogens with two attached hydrogens (primary N) is 1. The molecule has 138 valence electrons. The SMILES string of the molecule is CCCN[PH](=O)[C@@]1(NC(=O)OCc2ccccc2)CCCN(N)C1=O. The molecule has 1 heterocycles. The lowest BCUT2D eigenvalue weighted by Gasteiger charge is -2.39. The number of carbonyl (C=O) groups excluding carboxylic acids is 2. The zero-order valence-corrected chi connectivity index (χ0v) is 15.3. The first-order valence-corrected chi connectivity index (χ1v) is 9.74. The van der Waals surface area contributed by atoms with Gasteiger partial charge in [-0.2, -0.15) is 0 Å². The maximum Gasteiger partial charge on any atom is 0.408 e. The minimum atomic E-state index is -2.65. The summed E-state index contributed by atoms with van der Waals surface area (Å²) in [4.78, 5) is 24.8. The van der Waals surface area contributed by atoms with Crippen LogP contribution in [0.3, 0.4) is 0 Å². The predicted molar refractivity (Wildman–Crippen MR) is 94.9 cm³/mol. The molecule has 8 nitrogen and oxygen atoms in total. The van der Waals surface area contributed by atoms with Gasteiger partial charge in [0.2, 0.25) is 0 Å². The minimum Gasteiger partial charge on any atom is -0.445 e. The Balaban J connectivity index is 2.08. The fraction of sp³-hybridized carbons (Fsp3) is 0.500.